The number of benzene rings is 1. The Morgan fingerprint density at radius 3 is 2.42 bits per heavy atom. The topological polar surface area (TPSA) is 30.5 Å². The average Bonchev–Trinajstić information content (AvgIpc) is 2.41. The average molecular weight is 338 g/mol. The van der Waals surface area contributed by atoms with Gasteiger partial charge in [0.05, 0.1) is 10.5 Å². The van der Waals surface area contributed by atoms with E-state index in [0.29, 0.717) is 6.54 Å². The van der Waals surface area contributed by atoms with E-state index in [-0.39, 0.29) is 10.0 Å². The van der Waals surface area contributed by atoms with Gasteiger partial charge in [0.25, 0.3) is 0 Å². The summed E-state index contributed by atoms with van der Waals surface area (Å²) in [4.78, 5) is 0. The molecule has 0 bridgehead atoms. The highest BCUT2D eigenvalue weighted by Crippen LogP contribution is 2.29. The van der Waals surface area contributed by atoms with Gasteiger partial charge in [0.2, 0.25) is 0 Å². The standard InChI is InChI=1S/C13H18BrF2NO2/c1-4-7-17-12(13(18-2)19-3)10-9(15)6-5-8(14)11(10)16/h5-6,12-13,17H,4,7H2,1-3H3. The van der Waals surface area contributed by atoms with Crippen molar-refractivity contribution >= 4 is 15.9 Å². The van der Waals surface area contributed by atoms with Crippen molar-refractivity contribution < 1.29 is 18.3 Å². The number of halogens is 3. The van der Waals surface area contributed by atoms with Gasteiger partial charge in [0.15, 0.2) is 6.29 Å². The van der Waals surface area contributed by atoms with E-state index in [1.165, 1.54) is 26.4 Å². The van der Waals surface area contributed by atoms with Crippen LogP contribution in [0.4, 0.5) is 8.78 Å². The molecular weight excluding hydrogens is 320 g/mol. The molecule has 0 aromatic heterocycles. The summed E-state index contributed by atoms with van der Waals surface area (Å²) in [5.41, 5.74) is -0.0866. The molecule has 1 aromatic carbocycles. The molecule has 19 heavy (non-hydrogen) atoms. The van der Waals surface area contributed by atoms with Gasteiger partial charge < -0.3 is 14.8 Å². The van der Waals surface area contributed by atoms with Crippen LogP contribution in [0.5, 0.6) is 0 Å². The molecule has 1 N–H and O–H groups in total. The minimum atomic E-state index is -0.773. The Morgan fingerprint density at radius 2 is 1.89 bits per heavy atom. The summed E-state index contributed by atoms with van der Waals surface area (Å²) in [6, 6.07) is 1.83. The Balaban J connectivity index is 3.19. The van der Waals surface area contributed by atoms with Gasteiger partial charge in [-0.2, -0.15) is 0 Å². The largest absolute Gasteiger partial charge is 0.354 e. The van der Waals surface area contributed by atoms with Crippen LogP contribution in [0.15, 0.2) is 16.6 Å². The second-order valence-corrected chi connectivity index (χ2v) is 4.88. The first-order valence-corrected chi connectivity index (χ1v) is 6.78. The number of rotatable bonds is 7. The highest BCUT2D eigenvalue weighted by atomic mass is 79.9. The Kier molecular flexibility index (Phi) is 6.85. The lowest BCUT2D eigenvalue weighted by atomic mass is 10.0. The van der Waals surface area contributed by atoms with E-state index in [2.05, 4.69) is 21.2 Å². The minimum absolute atomic E-state index is 0.0866. The molecule has 0 aliphatic rings. The Bertz CT molecular complexity index is 414. The van der Waals surface area contributed by atoms with Crippen LogP contribution in [-0.2, 0) is 9.47 Å². The van der Waals surface area contributed by atoms with Crippen molar-refractivity contribution in [3.63, 3.8) is 0 Å². The molecule has 0 fully saturated rings. The summed E-state index contributed by atoms with van der Waals surface area (Å²) in [5, 5.41) is 3.05. The molecule has 3 nitrogen and oxygen atoms in total. The Hall–Kier alpha value is -0.560. The molecule has 1 atom stereocenters. The molecule has 1 rings (SSSR count). The summed E-state index contributed by atoms with van der Waals surface area (Å²) in [6.07, 6.45) is 0.0540. The third-order valence-corrected chi connectivity index (χ3v) is 3.35. The highest BCUT2D eigenvalue weighted by molar-refractivity contribution is 9.10. The zero-order chi connectivity index (χ0) is 14.4. The van der Waals surface area contributed by atoms with E-state index >= 15 is 0 Å². The molecule has 0 heterocycles. The van der Waals surface area contributed by atoms with Crippen molar-refractivity contribution in [3.8, 4) is 0 Å². The number of hydrogen-bond acceptors (Lipinski definition) is 3. The van der Waals surface area contributed by atoms with Crippen molar-refractivity contribution in [2.45, 2.75) is 25.7 Å². The number of nitrogens with one attached hydrogen (secondary N) is 1. The summed E-state index contributed by atoms with van der Waals surface area (Å²) in [5.74, 6) is -1.28. The van der Waals surface area contributed by atoms with E-state index in [9.17, 15) is 8.78 Å². The van der Waals surface area contributed by atoms with E-state index < -0.39 is 24.0 Å². The van der Waals surface area contributed by atoms with Gasteiger partial charge in [-0.25, -0.2) is 8.78 Å². The van der Waals surface area contributed by atoms with Crippen LogP contribution in [0, 0.1) is 11.6 Å². The fourth-order valence-electron chi connectivity index (χ4n) is 1.83. The van der Waals surface area contributed by atoms with Crippen molar-refractivity contribution in [2.75, 3.05) is 20.8 Å². The monoisotopic (exact) mass is 337 g/mol. The van der Waals surface area contributed by atoms with Gasteiger partial charge in [0, 0.05) is 19.8 Å². The van der Waals surface area contributed by atoms with Crippen LogP contribution in [0.25, 0.3) is 0 Å². The van der Waals surface area contributed by atoms with Gasteiger partial charge in [-0.1, -0.05) is 6.92 Å². The first kappa shape index (κ1) is 16.5. The maximum absolute atomic E-state index is 14.1. The lowest BCUT2D eigenvalue weighted by Gasteiger charge is -2.27. The minimum Gasteiger partial charge on any atom is -0.354 e. The second kappa shape index (κ2) is 7.89. The van der Waals surface area contributed by atoms with Gasteiger partial charge in [-0.3, -0.25) is 0 Å². The molecule has 108 valence electrons. The SMILES string of the molecule is CCCNC(c1c(F)ccc(Br)c1F)C(OC)OC. The fourth-order valence-corrected chi connectivity index (χ4v) is 2.18. The van der Waals surface area contributed by atoms with E-state index in [4.69, 9.17) is 9.47 Å². The summed E-state index contributed by atoms with van der Waals surface area (Å²) < 4.78 is 38.5. The molecule has 0 saturated heterocycles. The molecule has 1 unspecified atom stereocenters. The van der Waals surface area contributed by atoms with Crippen molar-refractivity contribution in [1.29, 1.82) is 0 Å². The molecule has 0 aliphatic carbocycles. The van der Waals surface area contributed by atoms with Crippen LogP contribution < -0.4 is 5.32 Å². The predicted octanol–water partition coefficient (Wildman–Crippen LogP) is 3.39. The molecule has 6 heteroatoms. The smallest absolute Gasteiger partial charge is 0.176 e. The fraction of sp³-hybridized carbons (Fsp3) is 0.538. The van der Waals surface area contributed by atoms with Crippen LogP contribution >= 0.6 is 15.9 Å². The zero-order valence-electron chi connectivity index (χ0n) is 11.2. The number of hydrogen-bond donors (Lipinski definition) is 1. The normalized spacial score (nSPS) is 13.0. The Labute approximate surface area is 120 Å². The van der Waals surface area contributed by atoms with Gasteiger partial charge in [0.1, 0.15) is 11.6 Å². The second-order valence-electron chi connectivity index (χ2n) is 4.03. The quantitative estimate of drug-likeness (QED) is 0.611. The summed E-state index contributed by atoms with van der Waals surface area (Å²) in [7, 11) is 2.87. The number of ether oxygens (including phenoxy) is 2. The van der Waals surface area contributed by atoms with Crippen LogP contribution in [-0.4, -0.2) is 27.1 Å². The van der Waals surface area contributed by atoms with E-state index in [0.717, 1.165) is 6.42 Å². The van der Waals surface area contributed by atoms with Gasteiger partial charge in [-0.05, 0) is 41.0 Å². The van der Waals surface area contributed by atoms with Crippen molar-refractivity contribution in [3.05, 3.63) is 33.8 Å². The third kappa shape index (κ3) is 3.95. The molecule has 0 radical (unpaired) electrons. The molecule has 0 amide bonds. The molecule has 1 aromatic rings. The summed E-state index contributed by atoms with van der Waals surface area (Å²) >= 11 is 3.06. The van der Waals surface area contributed by atoms with Crippen LogP contribution in [0.3, 0.4) is 0 Å². The molecule has 0 spiro atoms. The highest BCUT2D eigenvalue weighted by Gasteiger charge is 2.29. The lowest BCUT2D eigenvalue weighted by Crippen LogP contribution is -2.36. The van der Waals surface area contributed by atoms with Crippen LogP contribution in [0.2, 0.25) is 0 Å². The molecular formula is C13H18BrF2NO2. The predicted molar refractivity (Wildman–Crippen MR) is 72.9 cm³/mol. The molecule has 0 saturated carbocycles. The van der Waals surface area contributed by atoms with Gasteiger partial charge in [-0.15, -0.1) is 0 Å². The first-order valence-electron chi connectivity index (χ1n) is 5.99. The zero-order valence-corrected chi connectivity index (χ0v) is 12.8. The van der Waals surface area contributed by atoms with E-state index in [1.807, 2.05) is 6.92 Å². The number of methoxy groups -OCH3 is 2. The molecule has 0 aliphatic heterocycles. The van der Waals surface area contributed by atoms with Crippen molar-refractivity contribution in [2.24, 2.45) is 0 Å². The van der Waals surface area contributed by atoms with E-state index in [1.54, 1.807) is 0 Å². The van der Waals surface area contributed by atoms with Gasteiger partial charge >= 0.3 is 0 Å². The maximum atomic E-state index is 14.1. The van der Waals surface area contributed by atoms with Crippen molar-refractivity contribution in [1.82, 2.24) is 5.32 Å². The Morgan fingerprint density at radius 1 is 1.26 bits per heavy atom. The third-order valence-electron chi connectivity index (χ3n) is 2.74. The first-order chi connectivity index (χ1) is 9.06. The van der Waals surface area contributed by atoms with Crippen LogP contribution in [0.1, 0.15) is 24.9 Å². The summed E-state index contributed by atoms with van der Waals surface area (Å²) in [6.45, 7) is 2.56. The maximum Gasteiger partial charge on any atom is 0.176 e. The lowest BCUT2D eigenvalue weighted by molar-refractivity contribution is -0.125.